The van der Waals surface area contributed by atoms with Gasteiger partial charge in [0, 0.05) is 23.9 Å². The molecule has 1 atom stereocenters. The minimum absolute atomic E-state index is 0.114. The maximum absolute atomic E-state index is 12.6. The highest BCUT2D eigenvalue weighted by Crippen LogP contribution is 2.24. The molecule has 4 nitrogen and oxygen atoms in total. The predicted molar refractivity (Wildman–Crippen MR) is 94.6 cm³/mol. The van der Waals surface area contributed by atoms with Crippen molar-refractivity contribution in [1.29, 1.82) is 0 Å². The molecule has 0 fully saturated rings. The van der Waals surface area contributed by atoms with Gasteiger partial charge in [-0.15, -0.1) is 0 Å². The summed E-state index contributed by atoms with van der Waals surface area (Å²) in [6.45, 7) is 0.366. The van der Waals surface area contributed by atoms with Crippen LogP contribution in [0.15, 0.2) is 53.0 Å². The molecule has 1 aliphatic rings. The molecule has 2 aromatic rings. The Kier molecular flexibility index (Phi) is 5.00. The van der Waals surface area contributed by atoms with E-state index in [0.717, 1.165) is 21.2 Å². The van der Waals surface area contributed by atoms with Crippen LogP contribution < -0.4 is 0 Å². The quantitative estimate of drug-likeness (QED) is 0.873. The second kappa shape index (κ2) is 7.18. The maximum Gasteiger partial charge on any atom is 0.326 e. The van der Waals surface area contributed by atoms with E-state index in [4.69, 9.17) is 0 Å². The van der Waals surface area contributed by atoms with E-state index in [-0.39, 0.29) is 5.91 Å². The summed E-state index contributed by atoms with van der Waals surface area (Å²) in [7, 11) is 0. The van der Waals surface area contributed by atoms with E-state index in [1.807, 2.05) is 48.5 Å². The van der Waals surface area contributed by atoms with Crippen molar-refractivity contribution in [1.82, 2.24) is 4.90 Å². The molecule has 0 spiro atoms. The van der Waals surface area contributed by atoms with Gasteiger partial charge in [0.25, 0.3) is 0 Å². The van der Waals surface area contributed by atoms with Crippen LogP contribution in [-0.2, 0) is 29.0 Å². The second-order valence-electron chi connectivity index (χ2n) is 5.98. The number of hydrogen-bond donors (Lipinski definition) is 1. The number of carboxylic acid groups (broad SMARTS) is 1. The Bertz CT molecular complexity index is 775. The normalized spacial score (nSPS) is 16.5. The molecule has 1 aliphatic heterocycles. The third-order valence-corrected chi connectivity index (χ3v) is 4.86. The molecular weight excluding hydrogens is 370 g/mol. The van der Waals surface area contributed by atoms with E-state index in [2.05, 4.69) is 15.9 Å². The van der Waals surface area contributed by atoms with Crippen LogP contribution >= 0.6 is 15.9 Å². The van der Waals surface area contributed by atoms with Crippen molar-refractivity contribution in [3.05, 3.63) is 69.7 Å². The third kappa shape index (κ3) is 3.67. The van der Waals surface area contributed by atoms with Gasteiger partial charge in [-0.3, -0.25) is 4.79 Å². The van der Waals surface area contributed by atoms with Crippen molar-refractivity contribution in [2.75, 3.05) is 0 Å². The molecule has 0 radical (unpaired) electrons. The Balaban J connectivity index is 1.73. The molecule has 0 saturated heterocycles. The summed E-state index contributed by atoms with van der Waals surface area (Å²) < 4.78 is 0.975. The number of carboxylic acids is 1. The lowest BCUT2D eigenvalue weighted by atomic mass is 9.93. The van der Waals surface area contributed by atoms with Crippen LogP contribution in [0.25, 0.3) is 0 Å². The summed E-state index contributed by atoms with van der Waals surface area (Å²) >= 11 is 3.42. The lowest BCUT2D eigenvalue weighted by Crippen LogP contribution is -2.48. The number of fused-ring (bicyclic) bond motifs is 1. The molecule has 5 heteroatoms. The Morgan fingerprint density at radius 3 is 2.58 bits per heavy atom. The number of carbonyl (C=O) groups excluding carboxylic acids is 1. The van der Waals surface area contributed by atoms with E-state index in [0.29, 0.717) is 25.8 Å². The zero-order chi connectivity index (χ0) is 17.1. The molecule has 1 unspecified atom stereocenters. The fraction of sp³-hybridized carbons (Fsp3) is 0.263. The molecule has 24 heavy (non-hydrogen) atoms. The van der Waals surface area contributed by atoms with Crippen LogP contribution in [0.5, 0.6) is 0 Å². The van der Waals surface area contributed by atoms with Crippen LogP contribution in [0.1, 0.15) is 23.1 Å². The van der Waals surface area contributed by atoms with Crippen molar-refractivity contribution in [2.45, 2.75) is 31.8 Å². The Labute approximate surface area is 149 Å². The number of rotatable bonds is 4. The molecule has 1 N–H and O–H groups in total. The van der Waals surface area contributed by atoms with E-state index in [1.165, 1.54) is 4.90 Å². The SMILES string of the molecule is O=C(O)C1Cc2ccccc2CN1C(=O)CCc1cccc(Br)c1. The van der Waals surface area contributed by atoms with Crippen molar-refractivity contribution in [3.8, 4) is 0 Å². The number of halogens is 1. The average molecular weight is 388 g/mol. The van der Waals surface area contributed by atoms with E-state index in [1.54, 1.807) is 0 Å². The van der Waals surface area contributed by atoms with Gasteiger partial charge in [-0.05, 0) is 35.2 Å². The molecule has 0 aromatic heterocycles. The minimum Gasteiger partial charge on any atom is -0.480 e. The molecular formula is C19H18BrNO3. The monoisotopic (exact) mass is 387 g/mol. The van der Waals surface area contributed by atoms with Gasteiger partial charge in [-0.1, -0.05) is 52.3 Å². The van der Waals surface area contributed by atoms with E-state index < -0.39 is 12.0 Å². The molecule has 0 aliphatic carbocycles. The summed E-state index contributed by atoms with van der Waals surface area (Å²) in [5.74, 6) is -1.06. The highest BCUT2D eigenvalue weighted by atomic mass is 79.9. The number of benzene rings is 2. The van der Waals surface area contributed by atoms with Gasteiger partial charge >= 0.3 is 5.97 Å². The smallest absolute Gasteiger partial charge is 0.326 e. The van der Waals surface area contributed by atoms with Gasteiger partial charge in [0.15, 0.2) is 0 Å². The molecule has 1 amide bonds. The zero-order valence-electron chi connectivity index (χ0n) is 13.1. The summed E-state index contributed by atoms with van der Waals surface area (Å²) in [4.78, 5) is 25.7. The second-order valence-corrected chi connectivity index (χ2v) is 6.89. The average Bonchev–Trinajstić information content (AvgIpc) is 2.58. The van der Waals surface area contributed by atoms with Gasteiger partial charge in [-0.25, -0.2) is 4.79 Å². The number of amides is 1. The van der Waals surface area contributed by atoms with Crippen LogP contribution in [0.3, 0.4) is 0 Å². The van der Waals surface area contributed by atoms with E-state index >= 15 is 0 Å². The molecule has 1 heterocycles. The largest absolute Gasteiger partial charge is 0.480 e. The highest BCUT2D eigenvalue weighted by Gasteiger charge is 2.33. The maximum atomic E-state index is 12.6. The van der Waals surface area contributed by atoms with Crippen LogP contribution in [0, 0.1) is 0 Å². The number of carbonyl (C=O) groups is 2. The van der Waals surface area contributed by atoms with Gasteiger partial charge in [0.1, 0.15) is 6.04 Å². The molecule has 0 bridgehead atoms. The van der Waals surface area contributed by atoms with Crippen LogP contribution in [0.2, 0.25) is 0 Å². The Morgan fingerprint density at radius 2 is 1.88 bits per heavy atom. The highest BCUT2D eigenvalue weighted by molar-refractivity contribution is 9.10. The standard InChI is InChI=1S/C19H18BrNO3/c20-16-7-3-4-13(10-16)8-9-18(22)21-12-15-6-2-1-5-14(15)11-17(21)19(23)24/h1-7,10,17H,8-9,11-12H2,(H,23,24). The lowest BCUT2D eigenvalue weighted by molar-refractivity contribution is -0.151. The van der Waals surface area contributed by atoms with Crippen molar-refractivity contribution < 1.29 is 14.7 Å². The van der Waals surface area contributed by atoms with Gasteiger partial charge in [-0.2, -0.15) is 0 Å². The molecule has 3 rings (SSSR count). The summed E-state index contributed by atoms with van der Waals surface area (Å²) in [5, 5.41) is 9.50. The summed E-state index contributed by atoms with van der Waals surface area (Å²) in [5.41, 5.74) is 3.11. The van der Waals surface area contributed by atoms with Gasteiger partial charge in [0.2, 0.25) is 5.91 Å². The molecule has 2 aromatic carbocycles. The topological polar surface area (TPSA) is 57.6 Å². The number of nitrogens with zero attached hydrogens (tertiary/aromatic N) is 1. The number of aliphatic carboxylic acids is 1. The van der Waals surface area contributed by atoms with Crippen LogP contribution in [-0.4, -0.2) is 27.9 Å². The third-order valence-electron chi connectivity index (χ3n) is 4.37. The first-order valence-electron chi connectivity index (χ1n) is 7.88. The zero-order valence-corrected chi connectivity index (χ0v) is 14.7. The van der Waals surface area contributed by atoms with Gasteiger partial charge in [0.05, 0.1) is 0 Å². The first kappa shape index (κ1) is 16.7. The molecule has 0 saturated carbocycles. The van der Waals surface area contributed by atoms with Crippen molar-refractivity contribution in [2.24, 2.45) is 0 Å². The van der Waals surface area contributed by atoms with E-state index in [9.17, 15) is 14.7 Å². The van der Waals surface area contributed by atoms with Crippen molar-refractivity contribution >= 4 is 27.8 Å². The predicted octanol–water partition coefficient (Wildman–Crippen LogP) is 3.42. The van der Waals surface area contributed by atoms with Crippen LogP contribution in [0.4, 0.5) is 0 Å². The summed E-state index contributed by atoms with van der Waals surface area (Å²) in [6, 6.07) is 14.8. The number of hydrogen-bond acceptors (Lipinski definition) is 2. The number of aryl methyl sites for hydroxylation is 1. The van der Waals surface area contributed by atoms with Crippen molar-refractivity contribution in [3.63, 3.8) is 0 Å². The summed E-state index contributed by atoms with van der Waals surface area (Å²) in [6.07, 6.45) is 1.28. The lowest BCUT2D eigenvalue weighted by Gasteiger charge is -2.34. The molecule has 124 valence electrons. The Morgan fingerprint density at radius 1 is 1.12 bits per heavy atom. The fourth-order valence-corrected chi connectivity index (χ4v) is 3.54. The first-order valence-corrected chi connectivity index (χ1v) is 8.67. The van der Waals surface area contributed by atoms with Gasteiger partial charge < -0.3 is 10.0 Å². The minimum atomic E-state index is -0.944. The Hall–Kier alpha value is -2.14. The first-order chi connectivity index (χ1) is 11.5. The fourth-order valence-electron chi connectivity index (χ4n) is 3.09.